The lowest BCUT2D eigenvalue weighted by atomic mass is 10.1. The Morgan fingerprint density at radius 1 is 1.07 bits per heavy atom. The second-order valence-electron chi connectivity index (χ2n) is 11.7. The quantitative estimate of drug-likeness (QED) is 0.171. The van der Waals surface area contributed by atoms with Crippen molar-refractivity contribution < 1.29 is 18.3 Å². The highest BCUT2D eigenvalue weighted by Gasteiger charge is 2.50. The van der Waals surface area contributed by atoms with Gasteiger partial charge in [-0.25, -0.2) is 14.4 Å². The molecule has 42 heavy (non-hydrogen) atoms. The number of benzene rings is 2. The zero-order valence-corrected chi connectivity index (χ0v) is 27.0. The van der Waals surface area contributed by atoms with Gasteiger partial charge in [0, 0.05) is 24.7 Å². The predicted octanol–water partition coefficient (Wildman–Crippen LogP) is 6.25. The Balaban J connectivity index is 1.68. The van der Waals surface area contributed by atoms with E-state index in [0.717, 1.165) is 21.7 Å². The molecule has 0 radical (unpaired) electrons. The molecule has 0 saturated carbocycles. The molecule has 5 rings (SSSR count). The molecule has 6 nitrogen and oxygen atoms in total. The van der Waals surface area contributed by atoms with Crippen LogP contribution in [-0.4, -0.2) is 49.4 Å². The van der Waals surface area contributed by atoms with Crippen LogP contribution < -0.4 is 15.3 Å². The summed E-state index contributed by atoms with van der Waals surface area (Å²) < 4.78 is 29.0. The number of nitrogens with zero attached hydrogens (tertiary/aromatic N) is 3. The maximum atomic E-state index is 15.9. The van der Waals surface area contributed by atoms with Crippen LogP contribution in [0.25, 0.3) is 0 Å². The molecule has 1 fully saturated rings. The molecule has 2 unspecified atom stereocenters. The molecular formula is C32H35ClFN3O3SSi. The van der Waals surface area contributed by atoms with Gasteiger partial charge in [-0.3, -0.25) is 4.79 Å². The Morgan fingerprint density at radius 2 is 1.64 bits per heavy atom. The van der Waals surface area contributed by atoms with Gasteiger partial charge in [-0.2, -0.15) is 0 Å². The van der Waals surface area contributed by atoms with Crippen LogP contribution in [0.4, 0.5) is 10.1 Å². The number of ketones is 1. The third kappa shape index (κ3) is 5.81. The zero-order valence-electron chi connectivity index (χ0n) is 24.4. The van der Waals surface area contributed by atoms with Crippen molar-refractivity contribution in [1.29, 1.82) is 0 Å². The molecule has 2 aromatic carbocycles. The lowest BCUT2D eigenvalue weighted by Crippen LogP contribution is -2.66. The Morgan fingerprint density at radius 3 is 2.14 bits per heavy atom. The second kappa shape index (κ2) is 12.3. The largest absolute Gasteiger partial charge is 0.401 e. The molecule has 2 atom stereocenters. The van der Waals surface area contributed by atoms with E-state index in [1.807, 2.05) is 55.1 Å². The van der Waals surface area contributed by atoms with Crippen LogP contribution in [0.2, 0.25) is 10.1 Å². The van der Waals surface area contributed by atoms with Crippen LogP contribution >= 0.6 is 22.9 Å². The van der Waals surface area contributed by atoms with Crippen molar-refractivity contribution in [3.63, 3.8) is 0 Å². The highest BCUT2D eigenvalue weighted by atomic mass is 35.5. The van der Waals surface area contributed by atoms with E-state index in [-0.39, 0.29) is 39.6 Å². The van der Waals surface area contributed by atoms with Crippen molar-refractivity contribution >= 4 is 53.1 Å². The van der Waals surface area contributed by atoms with Gasteiger partial charge < -0.3 is 14.1 Å². The van der Waals surface area contributed by atoms with E-state index in [1.54, 1.807) is 5.38 Å². The minimum Gasteiger partial charge on any atom is -0.401 e. The van der Waals surface area contributed by atoms with Crippen molar-refractivity contribution in [3.8, 4) is 0 Å². The van der Waals surface area contributed by atoms with Crippen LogP contribution in [0, 0.1) is 5.82 Å². The first kappa shape index (κ1) is 30.5. The number of morpholine rings is 1. The number of hydrogen-bond donors (Lipinski definition) is 0. The SMILES string of the molecule is CC1CN(c2c(CO[Si](c3ccccc3)(c3ccccc3)C(C)(C)C)nc(C(=O)c3nccs3)c(F)c2Cl)CC(C)O1. The number of hydrogen-bond acceptors (Lipinski definition) is 7. The van der Waals surface area contributed by atoms with Crippen molar-refractivity contribution in [2.75, 3.05) is 18.0 Å². The molecule has 3 heterocycles. The van der Waals surface area contributed by atoms with Crippen LogP contribution in [0.15, 0.2) is 72.2 Å². The Bertz CT molecular complexity index is 1480. The molecule has 4 aromatic rings. The summed E-state index contributed by atoms with van der Waals surface area (Å²) >= 11 is 7.93. The van der Waals surface area contributed by atoms with E-state index in [2.05, 4.69) is 55.0 Å². The number of pyridine rings is 1. The number of rotatable bonds is 8. The van der Waals surface area contributed by atoms with Gasteiger partial charge >= 0.3 is 0 Å². The first-order chi connectivity index (χ1) is 20.0. The fraction of sp³-hybridized carbons (Fsp3) is 0.344. The van der Waals surface area contributed by atoms with Crippen molar-refractivity contribution in [3.05, 3.63) is 99.5 Å². The van der Waals surface area contributed by atoms with Gasteiger partial charge in [0.1, 0.15) is 5.02 Å². The van der Waals surface area contributed by atoms with Gasteiger partial charge in [0.15, 0.2) is 16.5 Å². The monoisotopic (exact) mass is 623 g/mol. The number of thiazole rings is 1. The third-order valence-corrected chi connectivity index (χ3v) is 13.6. The van der Waals surface area contributed by atoms with E-state index >= 15 is 4.39 Å². The first-order valence-electron chi connectivity index (χ1n) is 14.0. The first-order valence-corrected chi connectivity index (χ1v) is 17.2. The normalized spacial score (nSPS) is 17.8. The van der Waals surface area contributed by atoms with Gasteiger partial charge in [0.05, 0.1) is 30.2 Å². The predicted molar refractivity (Wildman–Crippen MR) is 169 cm³/mol. The minimum atomic E-state index is -2.98. The van der Waals surface area contributed by atoms with Gasteiger partial charge in [0.25, 0.3) is 8.32 Å². The van der Waals surface area contributed by atoms with Gasteiger partial charge in [-0.1, -0.05) is 93.0 Å². The molecule has 0 amide bonds. The molecule has 220 valence electrons. The smallest absolute Gasteiger partial charge is 0.261 e. The summed E-state index contributed by atoms with van der Waals surface area (Å²) in [5.74, 6) is -1.46. The van der Waals surface area contributed by atoms with Crippen molar-refractivity contribution in [1.82, 2.24) is 9.97 Å². The summed E-state index contributed by atoms with van der Waals surface area (Å²) in [6, 6.07) is 20.5. The number of anilines is 1. The molecule has 1 saturated heterocycles. The summed E-state index contributed by atoms with van der Waals surface area (Å²) in [5, 5.41) is 3.59. The summed E-state index contributed by atoms with van der Waals surface area (Å²) in [6.07, 6.45) is 1.31. The second-order valence-corrected chi connectivity index (χ2v) is 17.2. The van der Waals surface area contributed by atoms with Gasteiger partial charge in [-0.15, -0.1) is 11.3 Å². The third-order valence-electron chi connectivity index (χ3n) is 7.55. The van der Waals surface area contributed by atoms with Crippen molar-refractivity contribution in [2.45, 2.75) is 58.5 Å². The lowest BCUT2D eigenvalue weighted by molar-refractivity contribution is -0.00535. The zero-order chi connectivity index (χ0) is 30.1. The maximum absolute atomic E-state index is 15.9. The average molecular weight is 624 g/mol. The number of ether oxygens (including phenoxy) is 1. The summed E-state index contributed by atoms with van der Waals surface area (Å²) in [7, 11) is -2.98. The van der Waals surface area contributed by atoms with Gasteiger partial charge in [0.2, 0.25) is 5.78 Å². The summed E-state index contributed by atoms with van der Waals surface area (Å²) in [6.45, 7) is 11.5. The number of carbonyl (C=O) groups excluding carboxylic acids is 1. The molecule has 0 bridgehead atoms. The number of halogens is 2. The molecule has 2 aromatic heterocycles. The Hall–Kier alpha value is -2.95. The molecule has 0 N–H and O–H groups in total. The van der Waals surface area contributed by atoms with E-state index in [9.17, 15) is 4.79 Å². The van der Waals surface area contributed by atoms with Crippen LogP contribution in [0.3, 0.4) is 0 Å². The number of carbonyl (C=O) groups is 1. The van der Waals surface area contributed by atoms with Crippen LogP contribution in [-0.2, 0) is 15.8 Å². The Kier molecular flexibility index (Phi) is 8.96. The standard InChI is InChI=1S/C32H35ClFN3O3SSi/c1-21-18-37(19-22(2)40-21)29-25(36-28(27(34)26(29)33)30(38)31-35-16-17-41-31)20-39-42(32(3,4)5,23-12-8-6-9-13-23)24-14-10-7-11-15-24/h6-17,21-22H,18-20H2,1-5H3. The van der Waals surface area contributed by atoms with E-state index in [0.29, 0.717) is 24.5 Å². The summed E-state index contributed by atoms with van der Waals surface area (Å²) in [5.41, 5.74) is 0.495. The fourth-order valence-corrected chi connectivity index (χ4v) is 11.3. The van der Waals surface area contributed by atoms with Crippen LogP contribution in [0.5, 0.6) is 0 Å². The topological polar surface area (TPSA) is 64.5 Å². The molecule has 1 aliphatic heterocycles. The van der Waals surface area contributed by atoms with Crippen LogP contribution in [0.1, 0.15) is 55.8 Å². The highest BCUT2D eigenvalue weighted by molar-refractivity contribution is 7.11. The van der Waals surface area contributed by atoms with E-state index < -0.39 is 19.9 Å². The molecule has 0 aliphatic carbocycles. The van der Waals surface area contributed by atoms with Gasteiger partial charge in [-0.05, 0) is 29.3 Å². The highest BCUT2D eigenvalue weighted by Crippen LogP contribution is 2.40. The Labute approximate surface area is 256 Å². The molecule has 1 aliphatic rings. The minimum absolute atomic E-state index is 0.0287. The molecule has 0 spiro atoms. The number of aromatic nitrogens is 2. The maximum Gasteiger partial charge on any atom is 0.261 e. The fourth-order valence-electron chi connectivity index (χ4n) is 5.88. The molecular weight excluding hydrogens is 589 g/mol. The lowest BCUT2D eigenvalue weighted by Gasteiger charge is -2.43. The average Bonchev–Trinajstić information content (AvgIpc) is 3.50. The van der Waals surface area contributed by atoms with E-state index in [4.69, 9.17) is 20.8 Å². The summed E-state index contributed by atoms with van der Waals surface area (Å²) in [4.78, 5) is 24.1. The molecule has 10 heteroatoms. The van der Waals surface area contributed by atoms with Crippen molar-refractivity contribution in [2.24, 2.45) is 0 Å². The van der Waals surface area contributed by atoms with E-state index in [1.165, 1.54) is 6.20 Å².